The molecule has 2 heterocycles. The Morgan fingerprint density at radius 2 is 1.84 bits per heavy atom. The van der Waals surface area contributed by atoms with E-state index in [9.17, 15) is 9.90 Å². The number of imidazole rings is 1. The van der Waals surface area contributed by atoms with Crippen LogP contribution in [0.25, 0.3) is 11.1 Å². The molecule has 3 aromatic rings. The number of benzene rings is 1. The summed E-state index contributed by atoms with van der Waals surface area (Å²) >= 11 is 0. The van der Waals surface area contributed by atoms with Crippen molar-refractivity contribution in [1.82, 2.24) is 24.8 Å². The zero-order valence-electron chi connectivity index (χ0n) is 18.2. The number of aliphatic hydroxyl groups is 1. The number of nitrogens with two attached hydrogens (primary N) is 1. The third kappa shape index (κ3) is 4.24. The minimum absolute atomic E-state index is 0.174. The molecule has 0 radical (unpaired) electrons. The van der Waals surface area contributed by atoms with Gasteiger partial charge < -0.3 is 20.7 Å². The lowest BCUT2D eigenvalue weighted by Gasteiger charge is -2.42. The molecule has 0 unspecified atom stereocenters. The second-order valence-electron chi connectivity index (χ2n) is 8.89. The Bertz CT molecular complexity index is 1120. The molecule has 1 amide bonds. The van der Waals surface area contributed by atoms with Crippen LogP contribution in [0.5, 0.6) is 0 Å². The van der Waals surface area contributed by atoms with E-state index in [1.165, 1.54) is 12.5 Å². The molecule has 1 fully saturated rings. The van der Waals surface area contributed by atoms with Gasteiger partial charge >= 0.3 is 0 Å². The van der Waals surface area contributed by atoms with E-state index in [-0.39, 0.29) is 18.3 Å². The number of hydrogen-bond acceptors (Lipinski definition) is 7. The quantitative estimate of drug-likeness (QED) is 0.347. The fourth-order valence-electron chi connectivity index (χ4n) is 4.03. The van der Waals surface area contributed by atoms with Crippen molar-refractivity contribution in [3.8, 4) is 11.1 Å². The first-order valence-electron chi connectivity index (χ1n) is 10.5. The number of amides is 1. The Kier molecular flexibility index (Phi) is 5.52. The Morgan fingerprint density at radius 3 is 2.41 bits per heavy atom. The van der Waals surface area contributed by atoms with Crippen LogP contribution in [0.3, 0.4) is 0 Å². The molecule has 1 aliphatic rings. The fourth-order valence-corrected chi connectivity index (χ4v) is 4.03. The number of carbonyl (C=O) groups is 1. The molecule has 2 aromatic heterocycles. The summed E-state index contributed by atoms with van der Waals surface area (Å²) in [6.07, 6.45) is 8.88. The molecule has 0 saturated heterocycles. The topological polar surface area (TPSA) is 143 Å². The zero-order chi connectivity index (χ0) is 22.9. The van der Waals surface area contributed by atoms with Crippen LogP contribution in [0.2, 0.25) is 0 Å². The summed E-state index contributed by atoms with van der Waals surface area (Å²) in [6, 6.07) is 7.92. The average molecular weight is 434 g/mol. The minimum atomic E-state index is -0.990. The largest absolute Gasteiger partial charge is 0.389 e. The predicted octanol–water partition coefficient (Wildman–Crippen LogP) is 2.52. The fraction of sp³-hybridized carbons (Fsp3) is 0.348. The first-order chi connectivity index (χ1) is 15.2. The van der Waals surface area contributed by atoms with Crippen molar-refractivity contribution in [1.29, 1.82) is 5.41 Å². The van der Waals surface area contributed by atoms with Crippen molar-refractivity contribution < 1.29 is 9.90 Å². The van der Waals surface area contributed by atoms with Gasteiger partial charge in [-0.05, 0) is 37.8 Å². The van der Waals surface area contributed by atoms with Gasteiger partial charge in [0.15, 0.2) is 0 Å². The Labute approximate surface area is 186 Å². The van der Waals surface area contributed by atoms with Crippen molar-refractivity contribution >= 4 is 17.7 Å². The molecular weight excluding hydrogens is 406 g/mol. The van der Waals surface area contributed by atoms with Gasteiger partial charge in [0.1, 0.15) is 11.5 Å². The molecular formula is C23H27N7O2. The van der Waals surface area contributed by atoms with Crippen molar-refractivity contribution in [2.24, 2.45) is 0 Å². The molecule has 1 aromatic carbocycles. The van der Waals surface area contributed by atoms with E-state index in [1.54, 1.807) is 30.8 Å². The smallest absolute Gasteiger partial charge is 0.274 e. The van der Waals surface area contributed by atoms with Crippen molar-refractivity contribution in [2.75, 3.05) is 5.73 Å². The predicted molar refractivity (Wildman–Crippen MR) is 121 cm³/mol. The molecule has 9 nitrogen and oxygen atoms in total. The first-order valence-corrected chi connectivity index (χ1v) is 10.5. The monoisotopic (exact) mass is 433 g/mol. The SMILES string of the molecule is CC(C)(O)Cn1cncc1C(=O)NC(=N)C1(c2ccc(-c3cnc(N)nc3)cc2)CCC1. The van der Waals surface area contributed by atoms with E-state index in [0.29, 0.717) is 5.69 Å². The number of amidine groups is 1. The highest BCUT2D eigenvalue weighted by Crippen LogP contribution is 2.44. The van der Waals surface area contributed by atoms with Gasteiger partial charge in [-0.3, -0.25) is 10.2 Å². The van der Waals surface area contributed by atoms with Crippen LogP contribution >= 0.6 is 0 Å². The second kappa shape index (κ2) is 8.16. The van der Waals surface area contributed by atoms with E-state index in [2.05, 4.69) is 20.3 Å². The number of anilines is 1. The van der Waals surface area contributed by atoms with Crippen molar-refractivity contribution in [2.45, 2.75) is 50.7 Å². The highest BCUT2D eigenvalue weighted by Gasteiger charge is 2.43. The molecule has 0 aliphatic heterocycles. The van der Waals surface area contributed by atoms with Gasteiger partial charge in [0.2, 0.25) is 5.95 Å². The normalized spacial score (nSPS) is 15.1. The summed E-state index contributed by atoms with van der Waals surface area (Å²) in [5.41, 5.74) is 7.16. The number of nitrogens with one attached hydrogen (secondary N) is 2. The lowest BCUT2D eigenvalue weighted by atomic mass is 9.63. The maximum absolute atomic E-state index is 12.9. The number of hydrogen-bond donors (Lipinski definition) is 4. The van der Waals surface area contributed by atoms with Crippen LogP contribution in [0.1, 0.15) is 49.2 Å². The summed E-state index contributed by atoms with van der Waals surface area (Å²) < 4.78 is 1.60. The van der Waals surface area contributed by atoms with Gasteiger partial charge in [-0.15, -0.1) is 0 Å². The summed E-state index contributed by atoms with van der Waals surface area (Å²) in [5.74, 6) is -0.00105. The van der Waals surface area contributed by atoms with E-state index in [1.807, 2.05) is 24.3 Å². The van der Waals surface area contributed by atoms with E-state index < -0.39 is 16.9 Å². The highest BCUT2D eigenvalue weighted by molar-refractivity contribution is 6.08. The molecule has 1 aliphatic carbocycles. The van der Waals surface area contributed by atoms with Crippen LogP contribution < -0.4 is 11.1 Å². The van der Waals surface area contributed by atoms with Gasteiger partial charge in [0, 0.05) is 18.0 Å². The number of rotatable bonds is 6. The Balaban J connectivity index is 1.52. The van der Waals surface area contributed by atoms with Gasteiger partial charge in [-0.2, -0.15) is 0 Å². The average Bonchev–Trinajstić information content (AvgIpc) is 3.15. The molecule has 5 N–H and O–H groups in total. The molecule has 0 spiro atoms. The summed E-state index contributed by atoms with van der Waals surface area (Å²) in [6.45, 7) is 3.56. The zero-order valence-corrected chi connectivity index (χ0v) is 18.2. The Morgan fingerprint density at radius 1 is 1.19 bits per heavy atom. The summed E-state index contributed by atoms with van der Waals surface area (Å²) in [7, 11) is 0. The van der Waals surface area contributed by atoms with Gasteiger partial charge in [0.25, 0.3) is 5.91 Å². The third-order valence-corrected chi connectivity index (χ3v) is 5.87. The standard InChI is InChI=1S/C23H27N7O2/c1-22(2,32)13-30-14-26-12-18(30)19(31)29-20(24)23(8-3-9-23)17-6-4-15(5-7-17)16-10-27-21(25)28-11-16/h4-7,10-12,14,32H,3,8-9,13H2,1-2H3,(H2,24,29,31)(H2,25,27,28). The number of nitrogens with zero attached hydrogens (tertiary/aromatic N) is 4. The minimum Gasteiger partial charge on any atom is -0.389 e. The highest BCUT2D eigenvalue weighted by atomic mass is 16.3. The van der Waals surface area contributed by atoms with Crippen molar-refractivity contribution in [3.63, 3.8) is 0 Å². The van der Waals surface area contributed by atoms with E-state index in [0.717, 1.165) is 36.0 Å². The molecule has 9 heteroatoms. The van der Waals surface area contributed by atoms with E-state index in [4.69, 9.17) is 11.1 Å². The maximum Gasteiger partial charge on any atom is 0.274 e. The van der Waals surface area contributed by atoms with Crippen LogP contribution in [-0.2, 0) is 12.0 Å². The number of aromatic nitrogens is 4. The maximum atomic E-state index is 12.9. The van der Waals surface area contributed by atoms with Crippen LogP contribution in [0, 0.1) is 5.41 Å². The number of carbonyl (C=O) groups excluding carboxylic acids is 1. The van der Waals surface area contributed by atoms with Gasteiger partial charge in [0.05, 0.1) is 30.1 Å². The molecule has 1 saturated carbocycles. The molecule has 0 atom stereocenters. The second-order valence-corrected chi connectivity index (χ2v) is 8.89. The van der Waals surface area contributed by atoms with Crippen LogP contribution in [0.15, 0.2) is 49.2 Å². The lowest BCUT2D eigenvalue weighted by molar-refractivity contribution is 0.0602. The van der Waals surface area contributed by atoms with Crippen LogP contribution in [-0.4, -0.2) is 42.0 Å². The third-order valence-electron chi connectivity index (χ3n) is 5.87. The van der Waals surface area contributed by atoms with E-state index >= 15 is 0 Å². The van der Waals surface area contributed by atoms with Gasteiger partial charge in [-0.1, -0.05) is 30.7 Å². The lowest BCUT2D eigenvalue weighted by Crippen LogP contribution is -2.50. The summed E-state index contributed by atoms with van der Waals surface area (Å²) in [4.78, 5) is 25.0. The van der Waals surface area contributed by atoms with Crippen LogP contribution in [0.4, 0.5) is 5.95 Å². The van der Waals surface area contributed by atoms with Crippen molar-refractivity contribution in [3.05, 3.63) is 60.4 Å². The summed E-state index contributed by atoms with van der Waals surface area (Å²) in [5, 5.41) is 21.6. The first kappa shape index (κ1) is 21.6. The molecule has 4 rings (SSSR count). The molecule has 0 bridgehead atoms. The molecule has 32 heavy (non-hydrogen) atoms. The number of nitrogen functional groups attached to an aromatic ring is 1. The Hall–Kier alpha value is -3.59. The molecule has 166 valence electrons. The van der Waals surface area contributed by atoms with Gasteiger partial charge in [-0.25, -0.2) is 15.0 Å².